The van der Waals surface area contributed by atoms with Gasteiger partial charge < -0.3 is 14.8 Å². The number of ketones is 1. The van der Waals surface area contributed by atoms with E-state index in [0.717, 1.165) is 11.1 Å². The van der Waals surface area contributed by atoms with Crippen LogP contribution in [-0.2, 0) is 14.3 Å². The Morgan fingerprint density at radius 1 is 1.00 bits per heavy atom. The Bertz CT molecular complexity index is 881. The Hall–Kier alpha value is -3.29. The smallest absolute Gasteiger partial charge is 0.387 e. The van der Waals surface area contributed by atoms with Crippen LogP contribution in [-0.4, -0.2) is 30.9 Å². The highest BCUT2D eigenvalue weighted by molar-refractivity contribution is 5.99. The molecule has 0 aromatic heterocycles. The van der Waals surface area contributed by atoms with Crippen molar-refractivity contribution >= 4 is 23.3 Å². The number of rotatable bonds is 9. The SMILES string of the molecule is Cc1ccc(C)c(C(=O)CCC(=O)OCC(=O)Nc2ccc(OC(F)F)cc2)c1. The minimum atomic E-state index is -2.93. The zero-order chi connectivity index (χ0) is 21.4. The highest BCUT2D eigenvalue weighted by Gasteiger charge is 2.14. The van der Waals surface area contributed by atoms with Crippen molar-refractivity contribution < 1.29 is 32.6 Å². The van der Waals surface area contributed by atoms with Crippen LogP contribution in [0.5, 0.6) is 5.75 Å². The average molecular weight is 405 g/mol. The third-order valence-corrected chi connectivity index (χ3v) is 3.98. The number of hydrogen-bond donors (Lipinski definition) is 1. The highest BCUT2D eigenvalue weighted by Crippen LogP contribution is 2.18. The lowest BCUT2D eigenvalue weighted by atomic mass is 9.99. The first kappa shape index (κ1) is 22.0. The lowest BCUT2D eigenvalue weighted by Crippen LogP contribution is -2.21. The van der Waals surface area contributed by atoms with Gasteiger partial charge in [0.15, 0.2) is 12.4 Å². The van der Waals surface area contributed by atoms with Gasteiger partial charge >= 0.3 is 12.6 Å². The second-order valence-electron chi connectivity index (χ2n) is 6.35. The molecule has 0 spiro atoms. The van der Waals surface area contributed by atoms with Gasteiger partial charge in [-0.15, -0.1) is 0 Å². The quantitative estimate of drug-likeness (QED) is 0.503. The van der Waals surface area contributed by atoms with Crippen LogP contribution in [0.2, 0.25) is 0 Å². The third kappa shape index (κ3) is 7.33. The number of anilines is 1. The average Bonchev–Trinajstić information content (AvgIpc) is 2.67. The van der Waals surface area contributed by atoms with Gasteiger partial charge in [0.2, 0.25) is 0 Å². The van der Waals surface area contributed by atoms with E-state index >= 15 is 0 Å². The summed E-state index contributed by atoms with van der Waals surface area (Å²) in [5.41, 5.74) is 2.68. The number of hydrogen-bond acceptors (Lipinski definition) is 5. The molecule has 2 rings (SSSR count). The van der Waals surface area contributed by atoms with Crippen molar-refractivity contribution in [3.63, 3.8) is 0 Å². The molecule has 2 aromatic rings. The zero-order valence-corrected chi connectivity index (χ0v) is 16.0. The van der Waals surface area contributed by atoms with Gasteiger partial charge in [-0.25, -0.2) is 0 Å². The first-order chi connectivity index (χ1) is 13.7. The minimum Gasteiger partial charge on any atom is -0.456 e. The molecular weight excluding hydrogens is 384 g/mol. The molecule has 1 amide bonds. The van der Waals surface area contributed by atoms with E-state index in [0.29, 0.717) is 11.3 Å². The maximum absolute atomic E-state index is 12.3. The second kappa shape index (κ2) is 10.3. The van der Waals surface area contributed by atoms with Gasteiger partial charge in [-0.05, 0) is 49.7 Å². The number of aryl methyl sites for hydroxylation is 2. The number of carbonyl (C=O) groups excluding carboxylic acids is 3. The van der Waals surface area contributed by atoms with Crippen LogP contribution in [0.3, 0.4) is 0 Å². The van der Waals surface area contributed by atoms with Crippen molar-refractivity contribution in [2.45, 2.75) is 33.3 Å². The van der Waals surface area contributed by atoms with Crippen molar-refractivity contribution in [3.05, 3.63) is 59.2 Å². The normalized spacial score (nSPS) is 10.5. The fraction of sp³-hybridized carbons (Fsp3) is 0.286. The number of Topliss-reactive ketones (excluding diaryl/α,β-unsaturated/α-hetero) is 1. The molecule has 0 saturated heterocycles. The highest BCUT2D eigenvalue weighted by atomic mass is 19.3. The monoisotopic (exact) mass is 405 g/mol. The molecule has 0 fully saturated rings. The summed E-state index contributed by atoms with van der Waals surface area (Å²) in [5.74, 6) is -1.47. The molecule has 0 unspecified atom stereocenters. The molecule has 154 valence electrons. The fourth-order valence-electron chi connectivity index (χ4n) is 2.52. The van der Waals surface area contributed by atoms with E-state index in [1.165, 1.54) is 24.3 Å². The van der Waals surface area contributed by atoms with Gasteiger partial charge in [-0.1, -0.05) is 17.7 Å². The van der Waals surface area contributed by atoms with Crippen molar-refractivity contribution in [1.29, 1.82) is 0 Å². The lowest BCUT2D eigenvalue weighted by Gasteiger charge is -2.09. The van der Waals surface area contributed by atoms with Gasteiger partial charge in [-0.2, -0.15) is 8.78 Å². The van der Waals surface area contributed by atoms with Crippen molar-refractivity contribution in [1.82, 2.24) is 0 Å². The van der Waals surface area contributed by atoms with Crippen LogP contribution in [0.15, 0.2) is 42.5 Å². The molecule has 0 bridgehead atoms. The van der Waals surface area contributed by atoms with Crippen LogP contribution < -0.4 is 10.1 Å². The Kier molecular flexibility index (Phi) is 7.82. The first-order valence-electron chi connectivity index (χ1n) is 8.85. The largest absolute Gasteiger partial charge is 0.456 e. The molecule has 6 nitrogen and oxygen atoms in total. The van der Waals surface area contributed by atoms with Crippen LogP contribution in [0.4, 0.5) is 14.5 Å². The lowest BCUT2D eigenvalue weighted by molar-refractivity contribution is -0.147. The molecule has 1 N–H and O–H groups in total. The number of nitrogens with one attached hydrogen (secondary N) is 1. The van der Waals surface area contributed by atoms with E-state index < -0.39 is 25.1 Å². The fourth-order valence-corrected chi connectivity index (χ4v) is 2.52. The van der Waals surface area contributed by atoms with Crippen LogP contribution >= 0.6 is 0 Å². The number of esters is 1. The first-order valence-corrected chi connectivity index (χ1v) is 8.85. The minimum absolute atomic E-state index is 0.0175. The Morgan fingerprint density at radius 2 is 1.69 bits per heavy atom. The molecule has 0 radical (unpaired) electrons. The maximum Gasteiger partial charge on any atom is 0.387 e. The second-order valence-corrected chi connectivity index (χ2v) is 6.35. The van der Waals surface area contributed by atoms with Crippen LogP contribution in [0.1, 0.15) is 34.3 Å². The van der Waals surface area contributed by atoms with E-state index in [9.17, 15) is 23.2 Å². The molecule has 29 heavy (non-hydrogen) atoms. The van der Waals surface area contributed by atoms with Crippen LogP contribution in [0.25, 0.3) is 0 Å². The molecule has 0 atom stereocenters. The molecule has 0 aliphatic carbocycles. The Balaban J connectivity index is 1.75. The molecule has 0 aliphatic rings. The molecule has 0 aliphatic heterocycles. The topological polar surface area (TPSA) is 81.7 Å². The Morgan fingerprint density at radius 3 is 2.34 bits per heavy atom. The van der Waals surface area contributed by atoms with E-state index in [-0.39, 0.29) is 24.4 Å². The van der Waals surface area contributed by atoms with Gasteiger partial charge in [-0.3, -0.25) is 14.4 Å². The van der Waals surface area contributed by atoms with Gasteiger partial charge in [0.25, 0.3) is 5.91 Å². The van der Waals surface area contributed by atoms with E-state index in [4.69, 9.17) is 4.74 Å². The zero-order valence-electron chi connectivity index (χ0n) is 16.0. The van der Waals surface area contributed by atoms with E-state index in [2.05, 4.69) is 10.1 Å². The number of benzene rings is 2. The van der Waals surface area contributed by atoms with Gasteiger partial charge in [0.1, 0.15) is 5.75 Å². The summed E-state index contributed by atoms with van der Waals surface area (Å²) in [6, 6.07) is 10.8. The van der Waals surface area contributed by atoms with Crippen molar-refractivity contribution in [2.24, 2.45) is 0 Å². The third-order valence-electron chi connectivity index (χ3n) is 3.98. The number of halogens is 2. The number of amides is 1. The van der Waals surface area contributed by atoms with Gasteiger partial charge in [0, 0.05) is 17.7 Å². The van der Waals surface area contributed by atoms with E-state index in [1.54, 1.807) is 6.07 Å². The maximum atomic E-state index is 12.3. The number of alkyl halides is 2. The summed E-state index contributed by atoms with van der Waals surface area (Å²) >= 11 is 0. The summed E-state index contributed by atoms with van der Waals surface area (Å²) in [6.07, 6.45) is -0.157. The number of carbonyl (C=O) groups is 3. The van der Waals surface area contributed by atoms with Crippen molar-refractivity contribution in [3.8, 4) is 5.75 Å². The predicted molar refractivity (Wildman–Crippen MR) is 102 cm³/mol. The van der Waals surface area contributed by atoms with Gasteiger partial charge in [0.05, 0.1) is 6.42 Å². The molecule has 8 heteroatoms. The summed E-state index contributed by atoms with van der Waals surface area (Å²) in [6.45, 7) is 0.243. The van der Waals surface area contributed by atoms with Crippen LogP contribution in [0, 0.1) is 13.8 Å². The molecule has 0 heterocycles. The number of ether oxygens (including phenoxy) is 2. The van der Waals surface area contributed by atoms with Crippen molar-refractivity contribution in [2.75, 3.05) is 11.9 Å². The summed E-state index contributed by atoms with van der Waals surface area (Å²) in [5, 5.41) is 2.46. The van der Waals surface area contributed by atoms with E-state index in [1.807, 2.05) is 26.0 Å². The standard InChI is InChI=1S/C21H21F2NO5/c1-13-3-4-14(2)17(11-13)18(25)9-10-20(27)28-12-19(26)24-15-5-7-16(8-6-15)29-21(22)23/h3-8,11,21H,9-10,12H2,1-2H3,(H,24,26). The summed E-state index contributed by atoms with van der Waals surface area (Å²) in [7, 11) is 0. The predicted octanol–water partition coefficient (Wildman–Crippen LogP) is 4.05. The molecule has 0 saturated carbocycles. The Labute approximate surface area is 166 Å². The summed E-state index contributed by atoms with van der Waals surface area (Å²) < 4.78 is 33.3. The molecular formula is C21H21F2NO5. The summed E-state index contributed by atoms with van der Waals surface area (Å²) in [4.78, 5) is 35.9. The molecule has 2 aromatic carbocycles.